The Kier molecular flexibility index (Phi) is 7.64. The van der Waals surface area contributed by atoms with Gasteiger partial charge in [0.05, 0.1) is 37.8 Å². The first-order valence-electron chi connectivity index (χ1n) is 9.92. The highest BCUT2D eigenvalue weighted by Gasteiger charge is 2.22. The average Bonchev–Trinajstić information content (AvgIpc) is 2.73. The third-order valence-corrected chi connectivity index (χ3v) is 5.06. The molecule has 1 aromatic rings. The number of rotatable bonds is 7. The zero-order chi connectivity index (χ0) is 19.8. The Morgan fingerprint density at radius 1 is 1.04 bits per heavy atom. The van der Waals surface area contributed by atoms with Crippen LogP contribution in [-0.4, -0.2) is 89.0 Å². The molecule has 2 fully saturated rings. The monoisotopic (exact) mass is 390 g/mol. The predicted molar refractivity (Wildman–Crippen MR) is 108 cm³/mol. The molecule has 0 saturated carbocycles. The number of nitrogens with one attached hydrogen (secondary N) is 1. The quantitative estimate of drug-likeness (QED) is 0.723. The lowest BCUT2D eigenvalue weighted by atomic mass is 10.2. The Hall–Kier alpha value is -2.16. The van der Waals surface area contributed by atoms with Gasteiger partial charge in [0.1, 0.15) is 6.54 Å². The SMILES string of the molecule is CC(=O)N(CC(=O)NCCN1CCOCC1)c1ccccc1N1CCOCC1. The molecule has 2 aliphatic heterocycles. The summed E-state index contributed by atoms with van der Waals surface area (Å²) in [6.07, 6.45) is 0. The van der Waals surface area contributed by atoms with Gasteiger partial charge in [-0.25, -0.2) is 0 Å². The molecule has 0 atom stereocenters. The van der Waals surface area contributed by atoms with Gasteiger partial charge in [0, 0.05) is 46.2 Å². The van der Waals surface area contributed by atoms with Crippen molar-refractivity contribution in [3.63, 3.8) is 0 Å². The van der Waals surface area contributed by atoms with Gasteiger partial charge in [-0.3, -0.25) is 14.5 Å². The molecule has 0 aromatic heterocycles. The Labute approximate surface area is 166 Å². The van der Waals surface area contributed by atoms with Gasteiger partial charge < -0.3 is 24.6 Å². The van der Waals surface area contributed by atoms with Crippen LogP contribution in [0.2, 0.25) is 0 Å². The van der Waals surface area contributed by atoms with Gasteiger partial charge in [0.15, 0.2) is 0 Å². The number of para-hydroxylation sites is 2. The van der Waals surface area contributed by atoms with E-state index in [1.54, 1.807) is 4.90 Å². The van der Waals surface area contributed by atoms with Gasteiger partial charge in [0.25, 0.3) is 0 Å². The van der Waals surface area contributed by atoms with Crippen molar-refractivity contribution in [2.45, 2.75) is 6.92 Å². The smallest absolute Gasteiger partial charge is 0.240 e. The lowest BCUT2D eigenvalue weighted by Crippen LogP contribution is -2.45. The molecule has 8 nitrogen and oxygen atoms in total. The lowest BCUT2D eigenvalue weighted by Gasteiger charge is -2.33. The minimum Gasteiger partial charge on any atom is -0.379 e. The molecule has 0 bridgehead atoms. The van der Waals surface area contributed by atoms with Crippen LogP contribution in [0.25, 0.3) is 0 Å². The van der Waals surface area contributed by atoms with Crippen LogP contribution >= 0.6 is 0 Å². The molecule has 3 rings (SSSR count). The second-order valence-electron chi connectivity index (χ2n) is 7.00. The number of nitrogens with zero attached hydrogens (tertiary/aromatic N) is 3. The van der Waals surface area contributed by atoms with Crippen molar-refractivity contribution >= 4 is 23.2 Å². The highest BCUT2D eigenvalue weighted by Crippen LogP contribution is 2.30. The summed E-state index contributed by atoms with van der Waals surface area (Å²) in [5, 5.41) is 2.94. The Morgan fingerprint density at radius 3 is 2.36 bits per heavy atom. The van der Waals surface area contributed by atoms with E-state index in [1.807, 2.05) is 24.3 Å². The van der Waals surface area contributed by atoms with Crippen molar-refractivity contribution in [1.29, 1.82) is 0 Å². The summed E-state index contributed by atoms with van der Waals surface area (Å²) in [5.41, 5.74) is 1.72. The van der Waals surface area contributed by atoms with Gasteiger partial charge in [-0.1, -0.05) is 12.1 Å². The molecular formula is C20H30N4O4. The van der Waals surface area contributed by atoms with Crippen LogP contribution in [0.15, 0.2) is 24.3 Å². The van der Waals surface area contributed by atoms with Crippen molar-refractivity contribution < 1.29 is 19.1 Å². The fraction of sp³-hybridized carbons (Fsp3) is 0.600. The van der Waals surface area contributed by atoms with E-state index in [2.05, 4.69) is 15.1 Å². The molecule has 2 heterocycles. The third kappa shape index (κ3) is 5.67. The molecule has 0 spiro atoms. The number of carbonyl (C=O) groups excluding carboxylic acids is 2. The minimum absolute atomic E-state index is 0.0137. The van der Waals surface area contributed by atoms with Crippen LogP contribution in [0.5, 0.6) is 0 Å². The number of amides is 2. The number of hydrogen-bond donors (Lipinski definition) is 1. The van der Waals surface area contributed by atoms with Crippen LogP contribution in [-0.2, 0) is 19.1 Å². The van der Waals surface area contributed by atoms with Crippen molar-refractivity contribution in [2.75, 3.05) is 82.0 Å². The Morgan fingerprint density at radius 2 is 1.68 bits per heavy atom. The van der Waals surface area contributed by atoms with Gasteiger partial charge in [-0.05, 0) is 12.1 Å². The second kappa shape index (κ2) is 10.4. The summed E-state index contributed by atoms with van der Waals surface area (Å²) in [4.78, 5) is 30.8. The van der Waals surface area contributed by atoms with E-state index in [9.17, 15) is 9.59 Å². The topological polar surface area (TPSA) is 74.4 Å². The Balaban J connectivity index is 1.60. The highest BCUT2D eigenvalue weighted by atomic mass is 16.5. The van der Waals surface area contributed by atoms with E-state index in [4.69, 9.17) is 9.47 Å². The first-order chi connectivity index (χ1) is 13.6. The standard InChI is InChI=1S/C20H30N4O4/c1-17(25)24(16-20(26)21-6-7-22-8-12-27-13-9-22)19-5-3-2-4-18(19)23-10-14-28-15-11-23/h2-5H,6-16H2,1H3,(H,21,26). The number of benzene rings is 1. The van der Waals surface area contributed by atoms with Crippen LogP contribution in [0.4, 0.5) is 11.4 Å². The molecule has 154 valence electrons. The molecule has 1 N–H and O–H groups in total. The van der Waals surface area contributed by atoms with Crippen LogP contribution in [0, 0.1) is 0 Å². The average molecular weight is 390 g/mol. The first-order valence-corrected chi connectivity index (χ1v) is 9.92. The van der Waals surface area contributed by atoms with E-state index < -0.39 is 0 Å². The van der Waals surface area contributed by atoms with E-state index >= 15 is 0 Å². The van der Waals surface area contributed by atoms with E-state index in [0.29, 0.717) is 19.8 Å². The predicted octanol–water partition coefficient (Wildman–Crippen LogP) is 0.325. The van der Waals surface area contributed by atoms with E-state index in [-0.39, 0.29) is 18.4 Å². The number of morpholine rings is 2. The molecule has 28 heavy (non-hydrogen) atoms. The van der Waals surface area contributed by atoms with Gasteiger partial charge in [-0.15, -0.1) is 0 Å². The normalized spacial score (nSPS) is 18.0. The summed E-state index contributed by atoms with van der Waals surface area (Å²) in [7, 11) is 0. The number of anilines is 2. The van der Waals surface area contributed by atoms with Gasteiger partial charge in [-0.2, -0.15) is 0 Å². The molecule has 2 aliphatic rings. The maximum absolute atomic E-state index is 12.5. The lowest BCUT2D eigenvalue weighted by molar-refractivity contribution is -0.123. The van der Waals surface area contributed by atoms with E-state index in [0.717, 1.165) is 57.3 Å². The molecule has 0 radical (unpaired) electrons. The molecule has 2 saturated heterocycles. The van der Waals surface area contributed by atoms with Gasteiger partial charge in [0.2, 0.25) is 11.8 Å². The summed E-state index contributed by atoms with van der Waals surface area (Å²) in [6.45, 7) is 9.00. The van der Waals surface area contributed by atoms with Crippen LogP contribution in [0.1, 0.15) is 6.92 Å². The number of hydrogen-bond acceptors (Lipinski definition) is 6. The molecule has 2 amide bonds. The first kappa shape index (κ1) is 20.6. The van der Waals surface area contributed by atoms with Crippen molar-refractivity contribution in [1.82, 2.24) is 10.2 Å². The minimum atomic E-state index is -0.153. The zero-order valence-electron chi connectivity index (χ0n) is 16.6. The summed E-state index contributed by atoms with van der Waals surface area (Å²) >= 11 is 0. The van der Waals surface area contributed by atoms with Gasteiger partial charge >= 0.3 is 0 Å². The zero-order valence-corrected chi connectivity index (χ0v) is 16.6. The van der Waals surface area contributed by atoms with E-state index in [1.165, 1.54) is 6.92 Å². The van der Waals surface area contributed by atoms with Crippen molar-refractivity contribution in [3.8, 4) is 0 Å². The van der Waals surface area contributed by atoms with Crippen LogP contribution in [0.3, 0.4) is 0 Å². The molecule has 8 heteroatoms. The highest BCUT2D eigenvalue weighted by molar-refractivity contribution is 6.00. The maximum Gasteiger partial charge on any atom is 0.240 e. The number of carbonyl (C=O) groups is 2. The number of ether oxygens (including phenoxy) is 2. The molecule has 0 aliphatic carbocycles. The summed E-state index contributed by atoms with van der Waals surface area (Å²) in [6, 6.07) is 7.74. The largest absolute Gasteiger partial charge is 0.379 e. The fourth-order valence-corrected chi connectivity index (χ4v) is 3.51. The molecule has 1 aromatic carbocycles. The summed E-state index contributed by atoms with van der Waals surface area (Å²) in [5.74, 6) is -0.302. The second-order valence-corrected chi connectivity index (χ2v) is 7.00. The molecular weight excluding hydrogens is 360 g/mol. The molecule has 0 unspecified atom stereocenters. The maximum atomic E-state index is 12.5. The fourth-order valence-electron chi connectivity index (χ4n) is 3.51. The van der Waals surface area contributed by atoms with Crippen LogP contribution < -0.4 is 15.1 Å². The van der Waals surface area contributed by atoms with Crippen molar-refractivity contribution in [3.05, 3.63) is 24.3 Å². The van der Waals surface area contributed by atoms with Crippen molar-refractivity contribution in [2.24, 2.45) is 0 Å². The Bertz CT molecular complexity index is 657. The summed E-state index contributed by atoms with van der Waals surface area (Å²) < 4.78 is 10.8. The third-order valence-electron chi connectivity index (χ3n) is 5.06.